The summed E-state index contributed by atoms with van der Waals surface area (Å²) in [6, 6.07) is 11.8. The van der Waals surface area contributed by atoms with Gasteiger partial charge in [0.25, 0.3) is 0 Å². The zero-order valence-electron chi connectivity index (χ0n) is 11.8. The summed E-state index contributed by atoms with van der Waals surface area (Å²) < 4.78 is 0. The van der Waals surface area contributed by atoms with Crippen molar-refractivity contribution in [2.24, 2.45) is 0 Å². The van der Waals surface area contributed by atoms with Crippen molar-refractivity contribution < 1.29 is 5.11 Å². The molecule has 1 aromatic heterocycles. The lowest BCUT2D eigenvalue weighted by Gasteiger charge is -2.16. The maximum atomic E-state index is 8.92. The van der Waals surface area contributed by atoms with Crippen LogP contribution in [0.2, 0.25) is 0 Å². The highest BCUT2D eigenvalue weighted by molar-refractivity contribution is 7.10. The summed E-state index contributed by atoms with van der Waals surface area (Å²) in [4.78, 5) is 3.38. The molecule has 106 valence electrons. The molecular formula is C17H16N2OS. The van der Waals surface area contributed by atoms with Gasteiger partial charge in [-0.15, -0.1) is 11.3 Å². The van der Waals surface area contributed by atoms with Gasteiger partial charge in [0, 0.05) is 23.5 Å². The maximum Gasteiger partial charge on any atom is 0.104 e. The summed E-state index contributed by atoms with van der Waals surface area (Å²) in [5, 5.41) is 19.7. The Hall–Kier alpha value is -2.11. The summed E-state index contributed by atoms with van der Waals surface area (Å²) in [6.07, 6.45) is 0. The Morgan fingerprint density at radius 1 is 1.29 bits per heavy atom. The Morgan fingerprint density at radius 2 is 2.14 bits per heavy atom. The molecule has 0 spiro atoms. The molecule has 0 amide bonds. The van der Waals surface area contributed by atoms with Gasteiger partial charge in [-0.25, -0.2) is 0 Å². The van der Waals surface area contributed by atoms with Gasteiger partial charge < -0.3 is 5.11 Å². The van der Waals surface area contributed by atoms with Gasteiger partial charge in [-0.2, -0.15) is 5.26 Å². The summed E-state index contributed by atoms with van der Waals surface area (Å²) in [5.74, 6) is 5.66. The molecule has 0 atom stereocenters. The molecule has 2 rings (SSSR count). The average Bonchev–Trinajstić information content (AvgIpc) is 2.92. The van der Waals surface area contributed by atoms with Crippen LogP contribution in [0.5, 0.6) is 0 Å². The number of aliphatic hydroxyl groups excluding tert-OH is 1. The van der Waals surface area contributed by atoms with Crippen molar-refractivity contribution in [3.05, 3.63) is 57.3 Å². The minimum atomic E-state index is -0.119. The molecule has 21 heavy (non-hydrogen) atoms. The number of thiophene rings is 1. The molecule has 0 bridgehead atoms. The topological polar surface area (TPSA) is 47.3 Å². The largest absolute Gasteiger partial charge is 0.384 e. The zero-order chi connectivity index (χ0) is 15.1. The number of benzene rings is 1. The molecular weight excluding hydrogens is 280 g/mol. The summed E-state index contributed by atoms with van der Waals surface area (Å²) >= 11 is 1.67. The number of aliphatic hydroxyl groups is 1. The SMILES string of the molecule is CN(Cc1cccc(C#N)c1)Cc1sccc1C#CCO. The standard InChI is InChI=1S/C17H16N2OS/c1-19(12-15-5-2-4-14(10-15)11-18)13-17-16(6-3-8-20)7-9-21-17/h2,4-5,7,9-10,20H,8,12-13H2,1H3. The second-order valence-corrected chi connectivity index (χ2v) is 5.70. The van der Waals surface area contributed by atoms with E-state index in [2.05, 4.69) is 22.8 Å². The first-order valence-electron chi connectivity index (χ1n) is 6.56. The molecule has 0 saturated heterocycles. The first-order valence-corrected chi connectivity index (χ1v) is 7.44. The smallest absolute Gasteiger partial charge is 0.104 e. The molecule has 1 aromatic carbocycles. The fourth-order valence-electron chi connectivity index (χ4n) is 2.06. The van der Waals surface area contributed by atoms with E-state index >= 15 is 0 Å². The van der Waals surface area contributed by atoms with Gasteiger partial charge in [0.2, 0.25) is 0 Å². The first kappa shape index (κ1) is 15.3. The lowest BCUT2D eigenvalue weighted by molar-refractivity contribution is 0.322. The predicted octanol–water partition coefficient (Wildman–Crippen LogP) is 2.60. The summed E-state index contributed by atoms with van der Waals surface area (Å²) in [6.45, 7) is 1.45. The number of nitrogens with zero attached hydrogens (tertiary/aromatic N) is 2. The number of hydrogen-bond acceptors (Lipinski definition) is 4. The van der Waals surface area contributed by atoms with Gasteiger partial charge in [0.1, 0.15) is 6.61 Å². The van der Waals surface area contributed by atoms with Crippen LogP contribution in [-0.2, 0) is 13.1 Å². The summed E-state index contributed by atoms with van der Waals surface area (Å²) in [7, 11) is 2.04. The minimum absolute atomic E-state index is 0.119. The van der Waals surface area contributed by atoms with Crippen LogP contribution >= 0.6 is 11.3 Å². The Labute approximate surface area is 129 Å². The van der Waals surface area contributed by atoms with E-state index in [0.29, 0.717) is 5.56 Å². The Bertz CT molecular complexity index is 703. The zero-order valence-corrected chi connectivity index (χ0v) is 12.7. The van der Waals surface area contributed by atoms with Gasteiger partial charge in [-0.05, 0) is 36.2 Å². The van der Waals surface area contributed by atoms with Crippen LogP contribution in [0.4, 0.5) is 0 Å². The average molecular weight is 296 g/mol. The number of nitriles is 1. The third-order valence-corrected chi connectivity index (χ3v) is 3.88. The van der Waals surface area contributed by atoms with E-state index in [1.807, 2.05) is 42.8 Å². The fraction of sp³-hybridized carbons (Fsp3) is 0.235. The van der Waals surface area contributed by atoms with Gasteiger partial charge in [0.15, 0.2) is 0 Å². The molecule has 0 aliphatic heterocycles. The van der Waals surface area contributed by atoms with E-state index in [0.717, 1.165) is 24.2 Å². The molecule has 4 heteroatoms. The van der Waals surface area contributed by atoms with Crippen LogP contribution in [0.3, 0.4) is 0 Å². The van der Waals surface area contributed by atoms with Gasteiger partial charge >= 0.3 is 0 Å². The lowest BCUT2D eigenvalue weighted by Crippen LogP contribution is -2.17. The van der Waals surface area contributed by atoms with Crippen LogP contribution in [0.25, 0.3) is 0 Å². The van der Waals surface area contributed by atoms with E-state index in [9.17, 15) is 0 Å². The normalized spacial score (nSPS) is 10.0. The van der Waals surface area contributed by atoms with E-state index in [1.54, 1.807) is 11.3 Å². The fourth-order valence-corrected chi connectivity index (χ4v) is 2.97. The van der Waals surface area contributed by atoms with Gasteiger partial charge in [0.05, 0.1) is 11.6 Å². The Kier molecular flexibility index (Phi) is 5.54. The molecule has 0 radical (unpaired) electrons. The molecule has 0 aliphatic rings. The van der Waals surface area contributed by atoms with E-state index in [4.69, 9.17) is 10.4 Å². The quantitative estimate of drug-likeness (QED) is 0.882. The number of hydrogen-bond donors (Lipinski definition) is 1. The molecule has 1 heterocycles. The number of rotatable bonds is 4. The Morgan fingerprint density at radius 3 is 2.90 bits per heavy atom. The van der Waals surface area contributed by atoms with Gasteiger partial charge in [-0.1, -0.05) is 24.0 Å². The van der Waals surface area contributed by atoms with Crippen molar-refractivity contribution in [3.63, 3.8) is 0 Å². The third-order valence-electron chi connectivity index (χ3n) is 2.97. The second-order valence-electron chi connectivity index (χ2n) is 4.70. The van der Waals surface area contributed by atoms with Crippen molar-refractivity contribution >= 4 is 11.3 Å². The predicted molar refractivity (Wildman–Crippen MR) is 84.6 cm³/mol. The van der Waals surface area contributed by atoms with Gasteiger partial charge in [-0.3, -0.25) is 4.90 Å². The van der Waals surface area contributed by atoms with Crippen molar-refractivity contribution in [1.29, 1.82) is 5.26 Å². The monoisotopic (exact) mass is 296 g/mol. The van der Waals surface area contributed by atoms with Crippen LogP contribution in [0.15, 0.2) is 35.7 Å². The van der Waals surface area contributed by atoms with Crippen molar-refractivity contribution in [2.75, 3.05) is 13.7 Å². The van der Waals surface area contributed by atoms with E-state index in [-0.39, 0.29) is 6.61 Å². The maximum absolute atomic E-state index is 8.92. The van der Waals surface area contributed by atoms with Crippen LogP contribution in [0, 0.1) is 23.2 Å². The van der Waals surface area contributed by atoms with Crippen LogP contribution < -0.4 is 0 Å². The minimum Gasteiger partial charge on any atom is -0.384 e. The molecule has 0 saturated carbocycles. The molecule has 0 fully saturated rings. The van der Waals surface area contributed by atoms with Crippen LogP contribution in [-0.4, -0.2) is 23.7 Å². The van der Waals surface area contributed by atoms with Crippen molar-refractivity contribution in [2.45, 2.75) is 13.1 Å². The van der Waals surface area contributed by atoms with Crippen molar-refractivity contribution in [3.8, 4) is 17.9 Å². The molecule has 1 N–H and O–H groups in total. The highest BCUT2D eigenvalue weighted by Crippen LogP contribution is 2.18. The van der Waals surface area contributed by atoms with Crippen molar-refractivity contribution in [1.82, 2.24) is 4.90 Å². The third kappa shape index (κ3) is 4.44. The molecule has 0 aliphatic carbocycles. The Balaban J connectivity index is 2.03. The highest BCUT2D eigenvalue weighted by atomic mass is 32.1. The van der Waals surface area contributed by atoms with Crippen LogP contribution in [0.1, 0.15) is 21.6 Å². The highest BCUT2D eigenvalue weighted by Gasteiger charge is 2.07. The molecule has 2 aromatic rings. The lowest BCUT2D eigenvalue weighted by atomic mass is 10.1. The van der Waals surface area contributed by atoms with E-state index in [1.165, 1.54) is 4.88 Å². The first-order chi connectivity index (χ1) is 10.2. The summed E-state index contributed by atoms with van der Waals surface area (Å²) in [5.41, 5.74) is 2.79. The molecule has 0 unspecified atom stereocenters. The second kappa shape index (κ2) is 7.61. The molecule has 3 nitrogen and oxygen atoms in total. The van der Waals surface area contributed by atoms with E-state index < -0.39 is 0 Å².